The van der Waals surface area contributed by atoms with Crippen LogP contribution in [-0.4, -0.2) is 9.67 Å². The van der Waals surface area contributed by atoms with Crippen molar-refractivity contribution in [3.63, 3.8) is 0 Å². The molecule has 1 aromatic rings. The Labute approximate surface area is 81.0 Å². The van der Waals surface area contributed by atoms with Crippen molar-refractivity contribution < 1.29 is 5.11 Å². The second-order valence-electron chi connectivity index (χ2n) is 2.96. The summed E-state index contributed by atoms with van der Waals surface area (Å²) >= 11 is 0. The number of hydrogen-bond acceptors (Lipinski definition) is 4. The molecule has 0 unspecified atom stereocenters. The lowest BCUT2D eigenvalue weighted by molar-refractivity contribution is 0.410. The van der Waals surface area contributed by atoms with E-state index in [0.29, 0.717) is 5.56 Å². The van der Waals surface area contributed by atoms with E-state index < -0.39 is 0 Å². The SMILES string of the molecule is Cc1cc(=O)n(CCC#N)c(O)c1N. The Hall–Kier alpha value is -1.96. The Morgan fingerprint density at radius 3 is 2.93 bits per heavy atom. The van der Waals surface area contributed by atoms with Crippen molar-refractivity contribution in [2.45, 2.75) is 19.9 Å². The molecule has 0 aliphatic carbocycles. The van der Waals surface area contributed by atoms with Gasteiger partial charge in [-0.15, -0.1) is 0 Å². The van der Waals surface area contributed by atoms with Gasteiger partial charge in [-0.2, -0.15) is 5.26 Å². The normalized spacial score (nSPS) is 9.71. The number of nitrogen functional groups attached to an aromatic ring is 1. The Bertz CT molecular complexity index is 443. The van der Waals surface area contributed by atoms with Crippen LogP contribution in [0.3, 0.4) is 0 Å². The molecule has 0 atom stereocenters. The zero-order valence-corrected chi connectivity index (χ0v) is 7.82. The van der Waals surface area contributed by atoms with Gasteiger partial charge in [-0.3, -0.25) is 9.36 Å². The Balaban J connectivity index is 3.24. The molecule has 3 N–H and O–H groups in total. The molecule has 0 radical (unpaired) electrons. The lowest BCUT2D eigenvalue weighted by Crippen LogP contribution is -2.20. The number of aromatic hydroxyl groups is 1. The van der Waals surface area contributed by atoms with Crippen molar-refractivity contribution in [1.29, 1.82) is 5.26 Å². The van der Waals surface area contributed by atoms with Crippen LogP contribution in [0.15, 0.2) is 10.9 Å². The van der Waals surface area contributed by atoms with Gasteiger partial charge in [-0.1, -0.05) is 0 Å². The number of pyridine rings is 1. The van der Waals surface area contributed by atoms with E-state index in [1.54, 1.807) is 6.92 Å². The second kappa shape index (κ2) is 3.83. The molecule has 5 nitrogen and oxygen atoms in total. The molecular formula is C9H11N3O2. The van der Waals surface area contributed by atoms with Crippen LogP contribution in [0.1, 0.15) is 12.0 Å². The highest BCUT2D eigenvalue weighted by Crippen LogP contribution is 2.20. The van der Waals surface area contributed by atoms with E-state index in [1.165, 1.54) is 6.07 Å². The minimum Gasteiger partial charge on any atom is -0.493 e. The molecule has 0 aliphatic rings. The van der Waals surface area contributed by atoms with Crippen molar-refractivity contribution in [3.05, 3.63) is 22.0 Å². The molecule has 5 heteroatoms. The first kappa shape index (κ1) is 10.1. The molecule has 74 valence electrons. The molecule has 0 saturated heterocycles. The quantitative estimate of drug-likeness (QED) is 0.709. The predicted octanol–water partition coefficient (Wildman–Crippen LogP) is 0.358. The zero-order chi connectivity index (χ0) is 10.7. The van der Waals surface area contributed by atoms with Crippen LogP contribution in [-0.2, 0) is 6.54 Å². The van der Waals surface area contributed by atoms with Gasteiger partial charge < -0.3 is 10.8 Å². The van der Waals surface area contributed by atoms with Crippen molar-refractivity contribution in [1.82, 2.24) is 4.57 Å². The zero-order valence-electron chi connectivity index (χ0n) is 7.82. The maximum atomic E-state index is 11.4. The molecule has 1 heterocycles. The number of rotatable bonds is 2. The van der Waals surface area contributed by atoms with E-state index in [0.717, 1.165) is 4.57 Å². The van der Waals surface area contributed by atoms with Gasteiger partial charge in [-0.05, 0) is 12.5 Å². The van der Waals surface area contributed by atoms with Gasteiger partial charge in [0.2, 0.25) is 5.88 Å². The highest BCUT2D eigenvalue weighted by atomic mass is 16.3. The van der Waals surface area contributed by atoms with Gasteiger partial charge >= 0.3 is 0 Å². The number of anilines is 1. The van der Waals surface area contributed by atoms with Crippen LogP contribution >= 0.6 is 0 Å². The van der Waals surface area contributed by atoms with Crippen LogP contribution in [0.5, 0.6) is 5.88 Å². The number of nitrogens with two attached hydrogens (primary N) is 1. The van der Waals surface area contributed by atoms with E-state index in [9.17, 15) is 9.90 Å². The summed E-state index contributed by atoms with van der Waals surface area (Å²) in [6.45, 7) is 1.80. The van der Waals surface area contributed by atoms with E-state index >= 15 is 0 Å². The van der Waals surface area contributed by atoms with Crippen LogP contribution in [0.4, 0.5) is 5.69 Å². The number of hydrogen-bond donors (Lipinski definition) is 2. The fraction of sp³-hybridized carbons (Fsp3) is 0.333. The van der Waals surface area contributed by atoms with Gasteiger partial charge in [0.15, 0.2) is 0 Å². The third-order valence-corrected chi connectivity index (χ3v) is 1.97. The van der Waals surface area contributed by atoms with Gasteiger partial charge in [-0.25, -0.2) is 0 Å². The van der Waals surface area contributed by atoms with E-state index in [4.69, 9.17) is 11.0 Å². The van der Waals surface area contributed by atoms with Crippen molar-refractivity contribution >= 4 is 5.69 Å². The number of nitriles is 1. The first-order valence-corrected chi connectivity index (χ1v) is 4.13. The predicted molar refractivity (Wildman–Crippen MR) is 51.7 cm³/mol. The number of aromatic nitrogens is 1. The van der Waals surface area contributed by atoms with E-state index in [-0.39, 0.29) is 30.1 Å². The summed E-state index contributed by atoms with van der Waals surface area (Å²) in [5.41, 5.74) is 5.91. The number of aryl methyl sites for hydroxylation is 1. The highest BCUT2D eigenvalue weighted by molar-refractivity contribution is 5.53. The van der Waals surface area contributed by atoms with E-state index in [2.05, 4.69) is 0 Å². The maximum Gasteiger partial charge on any atom is 0.253 e. The monoisotopic (exact) mass is 193 g/mol. The lowest BCUT2D eigenvalue weighted by Gasteiger charge is -2.09. The minimum absolute atomic E-state index is 0.158. The Kier molecular flexibility index (Phi) is 2.77. The third-order valence-electron chi connectivity index (χ3n) is 1.97. The molecule has 0 fully saturated rings. The first-order valence-electron chi connectivity index (χ1n) is 4.13. The summed E-state index contributed by atoms with van der Waals surface area (Å²) in [5.74, 6) is -0.259. The smallest absolute Gasteiger partial charge is 0.253 e. The molecule has 14 heavy (non-hydrogen) atoms. The Morgan fingerprint density at radius 2 is 2.36 bits per heavy atom. The largest absolute Gasteiger partial charge is 0.493 e. The summed E-state index contributed by atoms with van der Waals surface area (Å²) in [5, 5.41) is 17.9. The van der Waals surface area contributed by atoms with Crippen molar-refractivity contribution in [2.24, 2.45) is 0 Å². The van der Waals surface area contributed by atoms with Crippen LogP contribution in [0, 0.1) is 18.3 Å². The first-order chi connectivity index (χ1) is 6.57. The fourth-order valence-corrected chi connectivity index (χ4v) is 1.14. The minimum atomic E-state index is -0.343. The van der Waals surface area contributed by atoms with Crippen LogP contribution in [0.2, 0.25) is 0 Å². The molecule has 0 aromatic carbocycles. The second-order valence-corrected chi connectivity index (χ2v) is 2.96. The lowest BCUT2D eigenvalue weighted by atomic mass is 10.2. The fourth-order valence-electron chi connectivity index (χ4n) is 1.14. The highest BCUT2D eigenvalue weighted by Gasteiger charge is 2.08. The molecule has 0 spiro atoms. The summed E-state index contributed by atoms with van der Waals surface area (Å²) < 4.78 is 1.09. The molecule has 0 aliphatic heterocycles. The average Bonchev–Trinajstić information content (AvgIpc) is 2.14. The van der Waals surface area contributed by atoms with Crippen molar-refractivity contribution in [3.8, 4) is 11.9 Å². The molecule has 0 amide bonds. The van der Waals surface area contributed by atoms with E-state index in [1.807, 2.05) is 6.07 Å². The van der Waals surface area contributed by atoms with Crippen molar-refractivity contribution in [2.75, 3.05) is 5.73 Å². The van der Waals surface area contributed by atoms with Gasteiger partial charge in [0.05, 0.1) is 18.2 Å². The Morgan fingerprint density at radius 1 is 1.71 bits per heavy atom. The summed E-state index contributed by atoms with van der Waals surface area (Å²) in [4.78, 5) is 11.4. The van der Waals surface area contributed by atoms with Gasteiger partial charge in [0.1, 0.15) is 0 Å². The average molecular weight is 193 g/mol. The summed E-state index contributed by atoms with van der Waals surface area (Å²) in [6, 6.07) is 3.23. The topological polar surface area (TPSA) is 92.0 Å². The molecular weight excluding hydrogens is 182 g/mol. The molecule has 0 bridgehead atoms. The van der Waals surface area contributed by atoms with Gasteiger partial charge in [0, 0.05) is 12.6 Å². The summed E-state index contributed by atoms with van der Waals surface area (Å²) in [6.07, 6.45) is 0.163. The third kappa shape index (κ3) is 1.69. The molecule has 0 saturated carbocycles. The van der Waals surface area contributed by atoms with Gasteiger partial charge in [0.25, 0.3) is 5.56 Å². The molecule has 1 rings (SSSR count). The summed E-state index contributed by atoms with van der Waals surface area (Å²) in [7, 11) is 0. The molecule has 1 aromatic heterocycles. The maximum absolute atomic E-state index is 11.4. The number of nitrogens with zero attached hydrogens (tertiary/aromatic N) is 2. The van der Waals surface area contributed by atoms with Crippen LogP contribution in [0.25, 0.3) is 0 Å². The van der Waals surface area contributed by atoms with Crippen LogP contribution < -0.4 is 11.3 Å². The standard InChI is InChI=1S/C9H11N3O2/c1-6-5-7(13)12(4-2-3-10)9(14)8(6)11/h5,14H,2,4,11H2,1H3.